The lowest BCUT2D eigenvalue weighted by Gasteiger charge is -2.32. The van der Waals surface area contributed by atoms with Crippen LogP contribution in [0.3, 0.4) is 0 Å². The minimum absolute atomic E-state index is 0.00817. The first-order valence-electron chi connectivity index (χ1n) is 8.78. The van der Waals surface area contributed by atoms with Gasteiger partial charge in [0.05, 0.1) is 6.54 Å². The first kappa shape index (κ1) is 18.5. The van der Waals surface area contributed by atoms with Crippen molar-refractivity contribution in [1.82, 2.24) is 4.90 Å². The molecule has 0 aliphatic carbocycles. The Morgan fingerprint density at radius 3 is 2.62 bits per heavy atom. The van der Waals surface area contributed by atoms with Gasteiger partial charge in [0, 0.05) is 18.7 Å². The topological polar surface area (TPSA) is 69.6 Å². The maximum atomic E-state index is 12.2. The molecule has 1 saturated heterocycles. The van der Waals surface area contributed by atoms with Gasteiger partial charge in [0.15, 0.2) is 0 Å². The summed E-state index contributed by atoms with van der Waals surface area (Å²) in [5.41, 5.74) is 2.08. The lowest BCUT2D eigenvalue weighted by atomic mass is 9.93. The summed E-state index contributed by atoms with van der Waals surface area (Å²) >= 11 is 0. The van der Waals surface area contributed by atoms with Crippen molar-refractivity contribution in [3.8, 4) is 0 Å². The van der Waals surface area contributed by atoms with Crippen molar-refractivity contribution in [3.05, 3.63) is 29.8 Å². The number of aliphatic carboxylic acids is 1. The van der Waals surface area contributed by atoms with Gasteiger partial charge >= 0.3 is 5.97 Å². The molecule has 0 aromatic heterocycles. The molecule has 1 amide bonds. The number of carboxylic acids is 1. The Morgan fingerprint density at radius 2 is 2.00 bits per heavy atom. The second kappa shape index (κ2) is 8.83. The summed E-state index contributed by atoms with van der Waals surface area (Å²) in [6.45, 7) is 6.38. The Morgan fingerprint density at radius 1 is 1.29 bits per heavy atom. The number of hydrogen-bond acceptors (Lipinski definition) is 3. The van der Waals surface area contributed by atoms with E-state index in [0.717, 1.165) is 31.6 Å². The standard InChI is InChI=1S/C19H28N2O3/c1-14(2)16-6-8-17(9-7-16)20-18(22)13-21-11-3-4-15(12-21)5-10-19(23)24/h6-9,14-15H,3-5,10-13H2,1-2H3,(H,20,22)(H,23,24). The van der Waals surface area contributed by atoms with E-state index in [1.165, 1.54) is 5.56 Å². The van der Waals surface area contributed by atoms with Crippen LogP contribution in [-0.4, -0.2) is 41.5 Å². The summed E-state index contributed by atoms with van der Waals surface area (Å²) in [6.07, 6.45) is 3.00. The molecule has 0 saturated carbocycles. The van der Waals surface area contributed by atoms with Crippen molar-refractivity contribution in [2.75, 3.05) is 25.0 Å². The molecule has 1 aromatic carbocycles. The molecule has 24 heavy (non-hydrogen) atoms. The normalized spacial score (nSPS) is 18.5. The molecule has 5 nitrogen and oxygen atoms in total. The molecular formula is C19H28N2O3. The van der Waals surface area contributed by atoms with E-state index in [4.69, 9.17) is 5.11 Å². The van der Waals surface area contributed by atoms with E-state index in [1.54, 1.807) is 0 Å². The van der Waals surface area contributed by atoms with Gasteiger partial charge in [-0.05, 0) is 55.3 Å². The number of hydrogen-bond donors (Lipinski definition) is 2. The lowest BCUT2D eigenvalue weighted by Crippen LogP contribution is -2.40. The van der Waals surface area contributed by atoms with Crippen LogP contribution in [0.5, 0.6) is 0 Å². The van der Waals surface area contributed by atoms with Crippen LogP contribution in [0.15, 0.2) is 24.3 Å². The van der Waals surface area contributed by atoms with E-state index in [1.807, 2.05) is 24.3 Å². The minimum atomic E-state index is -0.741. The Balaban J connectivity index is 1.79. The summed E-state index contributed by atoms with van der Waals surface area (Å²) in [6, 6.07) is 7.98. The Labute approximate surface area is 144 Å². The number of rotatable bonds is 7. The summed E-state index contributed by atoms with van der Waals surface area (Å²) in [5, 5.41) is 11.7. The van der Waals surface area contributed by atoms with Crippen molar-refractivity contribution < 1.29 is 14.7 Å². The van der Waals surface area contributed by atoms with Gasteiger partial charge in [-0.1, -0.05) is 26.0 Å². The van der Waals surface area contributed by atoms with Crippen LogP contribution in [0.1, 0.15) is 51.0 Å². The van der Waals surface area contributed by atoms with Crippen molar-refractivity contribution in [2.45, 2.75) is 45.4 Å². The molecule has 0 bridgehead atoms. The summed E-state index contributed by atoms with van der Waals surface area (Å²) in [4.78, 5) is 25.1. The number of likely N-dealkylation sites (tertiary alicyclic amines) is 1. The zero-order valence-corrected chi connectivity index (χ0v) is 14.6. The minimum Gasteiger partial charge on any atom is -0.481 e. The number of amides is 1. The number of nitrogens with zero attached hydrogens (tertiary/aromatic N) is 1. The Bertz CT molecular complexity index is 554. The first-order valence-corrected chi connectivity index (χ1v) is 8.78. The fourth-order valence-electron chi connectivity index (χ4n) is 3.21. The maximum absolute atomic E-state index is 12.2. The van der Waals surface area contributed by atoms with Crippen LogP contribution in [0.4, 0.5) is 5.69 Å². The fourth-order valence-corrected chi connectivity index (χ4v) is 3.21. The van der Waals surface area contributed by atoms with Crippen LogP contribution in [-0.2, 0) is 9.59 Å². The molecule has 132 valence electrons. The Kier molecular flexibility index (Phi) is 6.79. The van der Waals surface area contributed by atoms with E-state index in [-0.39, 0.29) is 12.3 Å². The highest BCUT2D eigenvalue weighted by Crippen LogP contribution is 2.21. The number of nitrogens with one attached hydrogen (secondary N) is 1. The number of carbonyl (C=O) groups is 2. The quantitative estimate of drug-likeness (QED) is 0.803. The lowest BCUT2D eigenvalue weighted by molar-refractivity contribution is -0.137. The smallest absolute Gasteiger partial charge is 0.303 e. The van der Waals surface area contributed by atoms with Crippen LogP contribution in [0.25, 0.3) is 0 Å². The third-order valence-corrected chi connectivity index (χ3v) is 4.60. The number of carboxylic acid groups (broad SMARTS) is 1. The molecule has 1 heterocycles. The highest BCUT2D eigenvalue weighted by Gasteiger charge is 2.22. The average molecular weight is 332 g/mol. The number of anilines is 1. The summed E-state index contributed by atoms with van der Waals surface area (Å²) in [7, 11) is 0. The number of carbonyl (C=O) groups excluding carboxylic acids is 1. The van der Waals surface area contributed by atoms with E-state index in [9.17, 15) is 9.59 Å². The van der Waals surface area contributed by atoms with Crippen LogP contribution in [0, 0.1) is 5.92 Å². The van der Waals surface area contributed by atoms with Gasteiger partial charge in [-0.2, -0.15) is 0 Å². The average Bonchev–Trinajstić information content (AvgIpc) is 2.53. The van der Waals surface area contributed by atoms with Crippen molar-refractivity contribution in [3.63, 3.8) is 0 Å². The molecular weight excluding hydrogens is 304 g/mol. The second-order valence-corrected chi connectivity index (χ2v) is 7.00. The summed E-state index contributed by atoms with van der Waals surface area (Å²) < 4.78 is 0. The largest absolute Gasteiger partial charge is 0.481 e. The second-order valence-electron chi connectivity index (χ2n) is 7.00. The van der Waals surface area contributed by atoms with Gasteiger partial charge in [-0.25, -0.2) is 0 Å². The van der Waals surface area contributed by atoms with Gasteiger partial charge in [0.1, 0.15) is 0 Å². The highest BCUT2D eigenvalue weighted by molar-refractivity contribution is 5.92. The predicted octanol–water partition coefficient (Wildman–Crippen LogP) is 3.33. The van der Waals surface area contributed by atoms with E-state index < -0.39 is 5.97 Å². The molecule has 1 fully saturated rings. The highest BCUT2D eigenvalue weighted by atomic mass is 16.4. The summed E-state index contributed by atoms with van der Waals surface area (Å²) in [5.74, 6) is 0.111. The molecule has 0 spiro atoms. The molecule has 1 atom stereocenters. The van der Waals surface area contributed by atoms with E-state index in [0.29, 0.717) is 24.8 Å². The monoisotopic (exact) mass is 332 g/mol. The molecule has 1 aromatic rings. The number of benzene rings is 1. The van der Waals surface area contributed by atoms with E-state index >= 15 is 0 Å². The maximum Gasteiger partial charge on any atom is 0.303 e. The molecule has 1 unspecified atom stereocenters. The van der Waals surface area contributed by atoms with Gasteiger partial charge in [-0.3, -0.25) is 14.5 Å². The van der Waals surface area contributed by atoms with Crippen molar-refractivity contribution in [1.29, 1.82) is 0 Å². The molecule has 1 aliphatic rings. The third kappa shape index (κ3) is 5.96. The van der Waals surface area contributed by atoms with Gasteiger partial charge in [0.25, 0.3) is 0 Å². The molecule has 2 rings (SSSR count). The van der Waals surface area contributed by atoms with Gasteiger partial charge in [0.2, 0.25) is 5.91 Å². The molecule has 5 heteroatoms. The fraction of sp³-hybridized carbons (Fsp3) is 0.579. The van der Waals surface area contributed by atoms with Crippen LogP contribution in [0.2, 0.25) is 0 Å². The van der Waals surface area contributed by atoms with E-state index in [2.05, 4.69) is 24.1 Å². The first-order chi connectivity index (χ1) is 11.4. The third-order valence-electron chi connectivity index (χ3n) is 4.60. The zero-order valence-electron chi connectivity index (χ0n) is 14.6. The Hall–Kier alpha value is -1.88. The van der Waals surface area contributed by atoms with Gasteiger partial charge < -0.3 is 10.4 Å². The van der Waals surface area contributed by atoms with Crippen LogP contribution < -0.4 is 5.32 Å². The van der Waals surface area contributed by atoms with Gasteiger partial charge in [-0.15, -0.1) is 0 Å². The molecule has 2 N–H and O–H groups in total. The predicted molar refractivity (Wildman–Crippen MR) is 95.2 cm³/mol. The molecule has 1 aliphatic heterocycles. The molecule has 0 radical (unpaired) electrons. The van der Waals surface area contributed by atoms with Crippen molar-refractivity contribution in [2.24, 2.45) is 5.92 Å². The van der Waals surface area contributed by atoms with Crippen molar-refractivity contribution >= 4 is 17.6 Å². The number of piperidine rings is 1. The van der Waals surface area contributed by atoms with Crippen LogP contribution >= 0.6 is 0 Å². The SMILES string of the molecule is CC(C)c1ccc(NC(=O)CN2CCCC(CCC(=O)O)C2)cc1. The zero-order chi connectivity index (χ0) is 17.5.